The van der Waals surface area contributed by atoms with E-state index in [1.807, 2.05) is 28.2 Å². The Bertz CT molecular complexity index is 129. The number of rotatable bonds is 3. The minimum atomic E-state index is -1.08. The Balaban J connectivity index is -0.0000000733. The molecule has 0 atom stereocenters. The largest absolute Gasteiger partial charge is 0.481 e. The van der Waals surface area contributed by atoms with Gasteiger partial charge in [0, 0.05) is 0 Å². The lowest BCUT2D eigenvalue weighted by Gasteiger charge is -1.85. The second kappa shape index (κ2) is 23.2. The van der Waals surface area contributed by atoms with E-state index in [9.17, 15) is 9.59 Å². The highest BCUT2D eigenvalue weighted by molar-refractivity contribution is 5.85. The van der Waals surface area contributed by atoms with E-state index in [1.54, 1.807) is 0 Å². The molecule has 0 aromatic rings. The van der Waals surface area contributed by atoms with Crippen molar-refractivity contribution in [2.75, 3.05) is 28.2 Å². The Kier molecular flexibility index (Phi) is 36.7. The van der Waals surface area contributed by atoms with Gasteiger partial charge in [0.25, 0.3) is 0 Å². The van der Waals surface area contributed by atoms with E-state index < -0.39 is 11.9 Å². The van der Waals surface area contributed by atoms with Crippen LogP contribution in [0.3, 0.4) is 0 Å². The average molecular weight is 245 g/mol. The Morgan fingerprint density at radius 2 is 1.00 bits per heavy atom. The molecule has 7 heteroatoms. The zero-order valence-electron chi connectivity index (χ0n) is 9.53. The third-order valence-electron chi connectivity index (χ3n) is 0.553. The number of carbonyl (C=O) groups is 2. The summed E-state index contributed by atoms with van der Waals surface area (Å²) >= 11 is 0. The lowest BCUT2D eigenvalue weighted by atomic mass is 10.3. The first-order valence-electron chi connectivity index (χ1n) is 4.06. The van der Waals surface area contributed by atoms with Crippen molar-refractivity contribution in [1.82, 2.24) is 10.6 Å². The molecule has 0 radical (unpaired) electrons. The Hall–Kier alpha value is -0.850. The maximum atomic E-state index is 9.64. The van der Waals surface area contributed by atoms with Crippen LogP contribution >= 0.6 is 12.4 Å². The average Bonchev–Trinajstić information content (AvgIpc) is 2.04. The highest BCUT2D eigenvalue weighted by atomic mass is 35.5. The maximum absolute atomic E-state index is 9.64. The zero-order chi connectivity index (χ0) is 12.0. The van der Waals surface area contributed by atoms with Gasteiger partial charge in [0.15, 0.2) is 0 Å². The molecule has 0 aromatic carbocycles. The molecule has 0 rings (SSSR count). The number of carboxylic acids is 2. The first-order chi connectivity index (χ1) is 6.45. The summed E-state index contributed by atoms with van der Waals surface area (Å²) in [4.78, 5) is 19.3. The monoisotopic (exact) mass is 244 g/mol. The lowest BCUT2D eigenvalue weighted by molar-refractivity contribution is -0.143. The number of halogens is 1. The predicted molar refractivity (Wildman–Crippen MR) is 61.7 cm³/mol. The van der Waals surface area contributed by atoms with Crippen LogP contribution in [0.2, 0.25) is 0 Å². The van der Waals surface area contributed by atoms with Crippen molar-refractivity contribution in [3.63, 3.8) is 0 Å². The molecule has 0 aliphatic carbocycles. The van der Waals surface area contributed by atoms with Gasteiger partial charge in [0.05, 0.1) is 12.8 Å². The third-order valence-corrected chi connectivity index (χ3v) is 0.553. The van der Waals surface area contributed by atoms with E-state index in [2.05, 4.69) is 10.6 Å². The third kappa shape index (κ3) is 94.9. The molecule has 0 fully saturated rings. The summed E-state index contributed by atoms with van der Waals surface area (Å²) in [6, 6.07) is 0. The topological polar surface area (TPSA) is 98.7 Å². The minimum absolute atomic E-state index is 0. The van der Waals surface area contributed by atoms with Crippen LogP contribution in [0.1, 0.15) is 12.8 Å². The smallest absolute Gasteiger partial charge is 0.303 e. The number of aliphatic carboxylic acids is 2. The molecule has 0 saturated heterocycles. The van der Waals surface area contributed by atoms with Gasteiger partial charge in [-0.3, -0.25) is 9.59 Å². The molecule has 0 unspecified atom stereocenters. The van der Waals surface area contributed by atoms with Crippen molar-refractivity contribution < 1.29 is 19.8 Å². The molecule has 15 heavy (non-hydrogen) atoms. The highest BCUT2D eigenvalue weighted by Crippen LogP contribution is 1.86. The second-order valence-electron chi connectivity index (χ2n) is 2.29. The summed E-state index contributed by atoms with van der Waals surface area (Å²) in [5.41, 5.74) is 0. The predicted octanol–water partition coefficient (Wildman–Crippen LogP) is 0.0288. The summed E-state index contributed by atoms with van der Waals surface area (Å²) in [6.07, 6.45) is -0.593. The fraction of sp³-hybridized carbons (Fsp3) is 0.750. The van der Waals surface area contributed by atoms with Crippen LogP contribution in [0.4, 0.5) is 0 Å². The van der Waals surface area contributed by atoms with E-state index in [4.69, 9.17) is 10.2 Å². The van der Waals surface area contributed by atoms with E-state index in [1.165, 1.54) is 0 Å². The molecule has 0 amide bonds. The van der Waals surface area contributed by atoms with Gasteiger partial charge in [0.1, 0.15) is 0 Å². The molecule has 0 spiro atoms. The van der Waals surface area contributed by atoms with E-state index >= 15 is 0 Å². The summed E-state index contributed by atoms with van der Waals surface area (Å²) in [6.45, 7) is 0. The molecule has 0 aliphatic rings. The van der Waals surface area contributed by atoms with Crippen LogP contribution in [0.25, 0.3) is 0 Å². The van der Waals surface area contributed by atoms with Crippen molar-refractivity contribution in [3.05, 3.63) is 0 Å². The molecule has 4 N–H and O–H groups in total. The van der Waals surface area contributed by atoms with Gasteiger partial charge in [-0.2, -0.15) is 0 Å². The van der Waals surface area contributed by atoms with E-state index in [0.717, 1.165) is 0 Å². The van der Waals surface area contributed by atoms with Crippen LogP contribution in [0.15, 0.2) is 0 Å². The fourth-order valence-electron chi connectivity index (χ4n) is 0.214. The molecule has 6 nitrogen and oxygen atoms in total. The number of carboxylic acid groups (broad SMARTS) is 2. The first-order valence-corrected chi connectivity index (χ1v) is 4.06. The van der Waals surface area contributed by atoms with Gasteiger partial charge >= 0.3 is 11.9 Å². The molecule has 0 heterocycles. The quantitative estimate of drug-likeness (QED) is 0.559. The van der Waals surface area contributed by atoms with Crippen LogP contribution in [0, 0.1) is 0 Å². The molecule has 0 saturated carbocycles. The summed E-state index contributed by atoms with van der Waals surface area (Å²) in [7, 11) is 7.50. The second-order valence-corrected chi connectivity index (χ2v) is 2.29. The summed E-state index contributed by atoms with van der Waals surface area (Å²) < 4.78 is 0. The highest BCUT2D eigenvalue weighted by Gasteiger charge is 2.00. The van der Waals surface area contributed by atoms with Crippen molar-refractivity contribution in [1.29, 1.82) is 0 Å². The number of hydrogen-bond acceptors (Lipinski definition) is 4. The van der Waals surface area contributed by atoms with Crippen LogP contribution in [0.5, 0.6) is 0 Å². The van der Waals surface area contributed by atoms with Crippen molar-refractivity contribution >= 4 is 24.3 Å². The normalized spacial score (nSPS) is 6.93. The SMILES string of the molecule is CNC.CNC.Cl.O=C(O)CCC(=O)O. The molecule has 0 bridgehead atoms. The van der Waals surface area contributed by atoms with Gasteiger partial charge in [-0.15, -0.1) is 12.4 Å². The summed E-state index contributed by atoms with van der Waals surface area (Å²) in [5, 5.41) is 21.3. The van der Waals surface area contributed by atoms with Crippen LogP contribution < -0.4 is 10.6 Å². The van der Waals surface area contributed by atoms with Crippen LogP contribution in [-0.2, 0) is 9.59 Å². The van der Waals surface area contributed by atoms with Gasteiger partial charge in [0.2, 0.25) is 0 Å². The van der Waals surface area contributed by atoms with Gasteiger partial charge in [-0.05, 0) is 28.2 Å². The number of hydrogen-bond donors (Lipinski definition) is 4. The Morgan fingerprint density at radius 3 is 1.07 bits per heavy atom. The molecule has 94 valence electrons. The van der Waals surface area contributed by atoms with E-state index in [0.29, 0.717) is 0 Å². The zero-order valence-corrected chi connectivity index (χ0v) is 10.3. The Labute approximate surface area is 96.5 Å². The van der Waals surface area contributed by atoms with Gasteiger partial charge < -0.3 is 20.8 Å². The minimum Gasteiger partial charge on any atom is -0.481 e. The molecular weight excluding hydrogens is 224 g/mol. The number of nitrogens with one attached hydrogen (secondary N) is 2. The standard InChI is InChI=1S/C4H6O4.2C2H7N.ClH/c5-3(6)1-2-4(7)8;2*1-3-2;/h1-2H2,(H,5,6)(H,7,8);2*3H,1-2H3;1H. The van der Waals surface area contributed by atoms with Gasteiger partial charge in [-0.25, -0.2) is 0 Å². The Morgan fingerprint density at radius 1 is 0.867 bits per heavy atom. The maximum Gasteiger partial charge on any atom is 0.303 e. The first kappa shape index (κ1) is 23.8. The van der Waals surface area contributed by atoms with Gasteiger partial charge in [-0.1, -0.05) is 0 Å². The molecule has 0 aliphatic heterocycles. The van der Waals surface area contributed by atoms with E-state index in [-0.39, 0.29) is 25.2 Å². The molecule has 0 aromatic heterocycles. The van der Waals surface area contributed by atoms with Crippen molar-refractivity contribution in [2.45, 2.75) is 12.8 Å². The lowest BCUT2D eigenvalue weighted by Crippen LogP contribution is -2.00. The molecular formula is C8H21ClN2O4. The summed E-state index contributed by atoms with van der Waals surface area (Å²) in [5.74, 6) is -2.15. The van der Waals surface area contributed by atoms with Crippen LogP contribution in [-0.4, -0.2) is 50.3 Å². The fourth-order valence-corrected chi connectivity index (χ4v) is 0.214. The van der Waals surface area contributed by atoms with Crippen molar-refractivity contribution in [3.8, 4) is 0 Å². The van der Waals surface area contributed by atoms with Crippen molar-refractivity contribution in [2.24, 2.45) is 0 Å².